The Hall–Kier alpha value is -2.00. The van der Waals surface area contributed by atoms with Crippen LogP contribution in [-0.4, -0.2) is 36.2 Å². The summed E-state index contributed by atoms with van der Waals surface area (Å²) in [5, 5.41) is 3.82. The number of rotatable bonds is 4. The van der Waals surface area contributed by atoms with Gasteiger partial charge in [0.15, 0.2) is 5.13 Å². The fourth-order valence-electron chi connectivity index (χ4n) is 3.67. The van der Waals surface area contributed by atoms with Crippen molar-refractivity contribution in [2.24, 2.45) is 0 Å². The van der Waals surface area contributed by atoms with Gasteiger partial charge in [-0.15, -0.1) is 0 Å². The molecule has 1 aromatic heterocycles. The van der Waals surface area contributed by atoms with Gasteiger partial charge in [-0.1, -0.05) is 35.4 Å². The lowest BCUT2D eigenvalue weighted by molar-refractivity contribution is 0.102. The second-order valence-corrected chi connectivity index (χ2v) is 10.8. The maximum absolute atomic E-state index is 12.9. The molecule has 1 amide bonds. The second kappa shape index (κ2) is 8.26. The van der Waals surface area contributed by atoms with E-state index in [2.05, 4.69) is 10.3 Å². The third kappa shape index (κ3) is 3.97. The van der Waals surface area contributed by atoms with Crippen LogP contribution in [0.4, 0.5) is 5.13 Å². The van der Waals surface area contributed by atoms with E-state index < -0.39 is 10.0 Å². The molecule has 1 aliphatic rings. The Bertz CT molecular complexity index is 1170. The summed E-state index contributed by atoms with van der Waals surface area (Å²) in [6, 6.07) is 9.73. The zero-order chi connectivity index (χ0) is 21.5. The fourth-order valence-corrected chi connectivity index (χ4v) is 6.58. The van der Waals surface area contributed by atoms with Crippen molar-refractivity contribution in [1.82, 2.24) is 9.29 Å². The lowest BCUT2D eigenvalue weighted by atomic mass is 10.1. The van der Waals surface area contributed by atoms with Gasteiger partial charge in [0, 0.05) is 18.2 Å². The Morgan fingerprint density at radius 3 is 2.60 bits per heavy atom. The van der Waals surface area contributed by atoms with Crippen LogP contribution < -0.4 is 5.32 Å². The van der Waals surface area contributed by atoms with E-state index in [0.717, 1.165) is 35.0 Å². The molecule has 9 heteroatoms. The molecule has 6 nitrogen and oxygen atoms in total. The third-order valence-electron chi connectivity index (χ3n) is 5.38. The van der Waals surface area contributed by atoms with Crippen LogP contribution in [0.3, 0.4) is 0 Å². The van der Waals surface area contributed by atoms with Crippen LogP contribution in [0.25, 0.3) is 10.2 Å². The molecule has 1 aliphatic heterocycles. The summed E-state index contributed by atoms with van der Waals surface area (Å²) in [5.41, 5.74) is 2.11. The van der Waals surface area contributed by atoms with E-state index in [9.17, 15) is 13.2 Å². The SMILES string of the molecule is Cc1ccc(Cl)c2sc(NC(=O)c3ccc(S(=O)(=O)N4CCCC[C@@H]4C)cc3)nc12. The first-order valence-electron chi connectivity index (χ1n) is 9.76. The van der Waals surface area contributed by atoms with Gasteiger partial charge in [-0.3, -0.25) is 10.1 Å². The summed E-state index contributed by atoms with van der Waals surface area (Å²) in [5.74, 6) is -0.349. The first-order chi connectivity index (χ1) is 14.3. The van der Waals surface area contributed by atoms with Gasteiger partial charge in [0.2, 0.25) is 10.0 Å². The highest BCUT2D eigenvalue weighted by molar-refractivity contribution is 7.89. The molecule has 2 aromatic carbocycles. The summed E-state index contributed by atoms with van der Waals surface area (Å²) in [4.78, 5) is 17.3. The molecule has 0 unspecified atom stereocenters. The van der Waals surface area contributed by atoms with Gasteiger partial charge >= 0.3 is 0 Å². The molecule has 0 bridgehead atoms. The number of nitrogens with one attached hydrogen (secondary N) is 1. The monoisotopic (exact) mass is 463 g/mol. The summed E-state index contributed by atoms with van der Waals surface area (Å²) in [6.45, 7) is 4.40. The van der Waals surface area contributed by atoms with Crippen LogP contribution in [-0.2, 0) is 10.0 Å². The number of anilines is 1. The Morgan fingerprint density at radius 2 is 1.93 bits per heavy atom. The Kier molecular flexibility index (Phi) is 5.85. The van der Waals surface area contributed by atoms with Crippen LogP contribution in [0.15, 0.2) is 41.3 Å². The maximum Gasteiger partial charge on any atom is 0.257 e. The minimum atomic E-state index is -3.56. The van der Waals surface area contributed by atoms with Gasteiger partial charge in [0.1, 0.15) is 0 Å². The van der Waals surface area contributed by atoms with E-state index in [1.807, 2.05) is 26.0 Å². The van der Waals surface area contributed by atoms with Gasteiger partial charge in [-0.25, -0.2) is 13.4 Å². The average molecular weight is 464 g/mol. The molecule has 3 aromatic rings. The highest BCUT2D eigenvalue weighted by Crippen LogP contribution is 2.34. The normalized spacial score (nSPS) is 17.9. The van der Waals surface area contributed by atoms with E-state index in [4.69, 9.17) is 11.6 Å². The second-order valence-electron chi connectivity index (χ2n) is 7.50. The molecular formula is C21H22ClN3O3S2. The quantitative estimate of drug-likeness (QED) is 0.585. The number of hydrogen-bond acceptors (Lipinski definition) is 5. The molecule has 1 atom stereocenters. The molecule has 0 saturated carbocycles. The fraction of sp³-hybridized carbons (Fsp3) is 0.333. The van der Waals surface area contributed by atoms with Gasteiger partial charge < -0.3 is 0 Å². The maximum atomic E-state index is 12.9. The Labute approximate surface area is 184 Å². The minimum Gasteiger partial charge on any atom is -0.298 e. The first kappa shape index (κ1) is 21.2. The number of sulfonamides is 1. The lowest BCUT2D eigenvalue weighted by Crippen LogP contribution is -2.41. The van der Waals surface area contributed by atoms with E-state index in [1.165, 1.54) is 35.6 Å². The summed E-state index contributed by atoms with van der Waals surface area (Å²) in [6.07, 6.45) is 2.78. The predicted molar refractivity (Wildman–Crippen MR) is 121 cm³/mol. The minimum absolute atomic E-state index is 0.0129. The Balaban J connectivity index is 1.53. The molecule has 30 heavy (non-hydrogen) atoms. The third-order valence-corrected chi connectivity index (χ3v) is 8.84. The van der Waals surface area contributed by atoms with Crippen molar-refractivity contribution in [3.63, 3.8) is 0 Å². The van der Waals surface area contributed by atoms with E-state index >= 15 is 0 Å². The molecule has 2 heterocycles. The Morgan fingerprint density at radius 1 is 1.20 bits per heavy atom. The van der Waals surface area contributed by atoms with Crippen molar-refractivity contribution in [1.29, 1.82) is 0 Å². The number of nitrogens with zero attached hydrogens (tertiary/aromatic N) is 2. The number of fused-ring (bicyclic) bond motifs is 1. The van der Waals surface area contributed by atoms with E-state index in [0.29, 0.717) is 22.3 Å². The molecule has 1 saturated heterocycles. The number of aromatic nitrogens is 1. The predicted octanol–water partition coefficient (Wildman–Crippen LogP) is 5.07. The summed E-state index contributed by atoms with van der Waals surface area (Å²) >= 11 is 7.54. The highest BCUT2D eigenvalue weighted by atomic mass is 35.5. The number of hydrogen-bond donors (Lipinski definition) is 1. The van der Waals surface area contributed by atoms with E-state index in [-0.39, 0.29) is 16.8 Å². The van der Waals surface area contributed by atoms with Crippen molar-refractivity contribution in [3.8, 4) is 0 Å². The number of carbonyl (C=O) groups excluding carboxylic acids is 1. The zero-order valence-electron chi connectivity index (χ0n) is 16.7. The molecule has 0 aliphatic carbocycles. The molecule has 1 N–H and O–H groups in total. The van der Waals surface area contributed by atoms with Crippen LogP contribution >= 0.6 is 22.9 Å². The van der Waals surface area contributed by atoms with Crippen LogP contribution in [0.2, 0.25) is 5.02 Å². The van der Waals surface area contributed by atoms with Crippen molar-refractivity contribution in [2.45, 2.75) is 44.0 Å². The first-order valence-corrected chi connectivity index (χ1v) is 12.4. The molecular weight excluding hydrogens is 442 g/mol. The molecule has 1 fully saturated rings. The van der Waals surface area contributed by atoms with Crippen LogP contribution in [0.5, 0.6) is 0 Å². The van der Waals surface area contributed by atoms with Gasteiger partial charge in [-0.05, 0) is 62.6 Å². The van der Waals surface area contributed by atoms with Crippen molar-refractivity contribution in [2.75, 3.05) is 11.9 Å². The van der Waals surface area contributed by atoms with Crippen molar-refractivity contribution in [3.05, 3.63) is 52.5 Å². The standard InChI is InChI=1S/C21H22ClN3O3S2/c1-13-6-11-17(22)19-18(13)23-21(29-19)24-20(26)15-7-9-16(10-8-15)30(27,28)25-12-4-3-5-14(25)2/h6-11,14H,3-5,12H2,1-2H3,(H,23,24,26)/t14-/m0/s1. The van der Waals surface area contributed by atoms with Crippen molar-refractivity contribution >= 4 is 54.2 Å². The molecule has 0 spiro atoms. The van der Waals surface area contributed by atoms with Crippen molar-refractivity contribution < 1.29 is 13.2 Å². The smallest absolute Gasteiger partial charge is 0.257 e. The molecule has 0 radical (unpaired) electrons. The zero-order valence-corrected chi connectivity index (χ0v) is 19.1. The average Bonchev–Trinajstić information content (AvgIpc) is 3.16. The topological polar surface area (TPSA) is 79.4 Å². The number of halogens is 1. The number of aryl methyl sites for hydroxylation is 1. The number of carbonyl (C=O) groups is 1. The number of benzene rings is 2. The number of piperidine rings is 1. The summed E-state index contributed by atoms with van der Waals surface area (Å²) in [7, 11) is -3.56. The largest absolute Gasteiger partial charge is 0.298 e. The lowest BCUT2D eigenvalue weighted by Gasteiger charge is -2.32. The van der Waals surface area contributed by atoms with Crippen LogP contribution in [0.1, 0.15) is 42.1 Å². The van der Waals surface area contributed by atoms with Gasteiger partial charge in [0.25, 0.3) is 5.91 Å². The van der Waals surface area contributed by atoms with Crippen LogP contribution in [0, 0.1) is 6.92 Å². The number of thiazole rings is 1. The van der Waals surface area contributed by atoms with E-state index in [1.54, 1.807) is 4.31 Å². The van der Waals surface area contributed by atoms with Gasteiger partial charge in [0.05, 0.1) is 20.1 Å². The van der Waals surface area contributed by atoms with Gasteiger partial charge in [-0.2, -0.15) is 4.31 Å². The summed E-state index contributed by atoms with van der Waals surface area (Å²) < 4.78 is 28.3. The highest BCUT2D eigenvalue weighted by Gasteiger charge is 2.31. The molecule has 158 valence electrons. The molecule has 4 rings (SSSR count). The number of amides is 1.